The number of nitriles is 1. The molecule has 0 spiro atoms. The first-order chi connectivity index (χ1) is 10.2. The van der Waals surface area contributed by atoms with Crippen molar-refractivity contribution in [3.63, 3.8) is 0 Å². The van der Waals surface area contributed by atoms with Gasteiger partial charge >= 0.3 is 0 Å². The largest absolute Gasteiger partial charge is 0.324 e. The third-order valence-electron chi connectivity index (χ3n) is 3.51. The predicted molar refractivity (Wildman–Crippen MR) is 84.0 cm³/mol. The van der Waals surface area contributed by atoms with Crippen LogP contribution in [0.4, 0.5) is 5.69 Å². The van der Waals surface area contributed by atoms with Gasteiger partial charge in [0.1, 0.15) is 0 Å². The van der Waals surface area contributed by atoms with Gasteiger partial charge in [0, 0.05) is 5.69 Å². The molecule has 106 valence electrons. The van der Waals surface area contributed by atoms with Crippen LogP contribution in [-0.2, 0) is 11.2 Å². The first-order valence-corrected chi connectivity index (χ1v) is 7.01. The van der Waals surface area contributed by atoms with Crippen molar-refractivity contribution in [3.8, 4) is 6.07 Å². The second-order valence-corrected chi connectivity index (χ2v) is 4.92. The van der Waals surface area contributed by atoms with Gasteiger partial charge in [-0.05, 0) is 30.0 Å². The van der Waals surface area contributed by atoms with E-state index in [-0.39, 0.29) is 5.91 Å². The van der Waals surface area contributed by atoms with Crippen LogP contribution in [0.3, 0.4) is 0 Å². The molecule has 3 heteroatoms. The van der Waals surface area contributed by atoms with Crippen LogP contribution in [0.15, 0.2) is 48.5 Å². The third kappa shape index (κ3) is 3.29. The number of amides is 1. The molecule has 0 fully saturated rings. The zero-order valence-electron chi connectivity index (χ0n) is 12.3. The van der Waals surface area contributed by atoms with Gasteiger partial charge in [-0.25, -0.2) is 0 Å². The second-order valence-electron chi connectivity index (χ2n) is 4.92. The van der Waals surface area contributed by atoms with Crippen LogP contribution in [-0.4, -0.2) is 5.91 Å². The van der Waals surface area contributed by atoms with E-state index >= 15 is 0 Å². The van der Waals surface area contributed by atoms with E-state index in [0.717, 1.165) is 23.2 Å². The standard InChI is InChI=1S/C18H18N2O/c1-3-14-11-7-8-13(2)17(14)20-18(21)16(12-19)15-9-5-4-6-10-15/h4-11,16H,3H2,1-2H3,(H,20,21). The summed E-state index contributed by atoms with van der Waals surface area (Å²) in [5.41, 5.74) is 3.62. The lowest BCUT2D eigenvalue weighted by Gasteiger charge is -2.15. The lowest BCUT2D eigenvalue weighted by molar-refractivity contribution is -0.116. The Morgan fingerprint density at radius 3 is 2.52 bits per heavy atom. The highest BCUT2D eigenvalue weighted by atomic mass is 16.1. The number of anilines is 1. The number of nitrogens with one attached hydrogen (secondary N) is 1. The molecule has 0 radical (unpaired) electrons. The van der Waals surface area contributed by atoms with Gasteiger partial charge in [0.2, 0.25) is 5.91 Å². The molecule has 0 saturated heterocycles. The highest BCUT2D eigenvalue weighted by Crippen LogP contribution is 2.24. The summed E-state index contributed by atoms with van der Waals surface area (Å²) in [6.07, 6.45) is 0.833. The number of hydrogen-bond donors (Lipinski definition) is 1. The van der Waals surface area contributed by atoms with Gasteiger partial charge in [0.25, 0.3) is 0 Å². The van der Waals surface area contributed by atoms with Crippen molar-refractivity contribution in [1.82, 2.24) is 0 Å². The topological polar surface area (TPSA) is 52.9 Å². The van der Waals surface area contributed by atoms with E-state index in [1.807, 2.05) is 50.2 Å². The Balaban J connectivity index is 2.28. The quantitative estimate of drug-likeness (QED) is 0.924. The molecule has 1 amide bonds. The molecule has 0 bridgehead atoms. The molecule has 0 saturated carbocycles. The molecule has 1 atom stereocenters. The summed E-state index contributed by atoms with van der Waals surface area (Å²) in [7, 11) is 0. The van der Waals surface area contributed by atoms with E-state index in [0.29, 0.717) is 5.56 Å². The molecule has 0 aliphatic heterocycles. The summed E-state index contributed by atoms with van der Waals surface area (Å²) in [6.45, 7) is 4.00. The van der Waals surface area contributed by atoms with Crippen LogP contribution in [0.5, 0.6) is 0 Å². The van der Waals surface area contributed by atoms with E-state index in [4.69, 9.17) is 0 Å². The molecule has 1 unspecified atom stereocenters. The first-order valence-electron chi connectivity index (χ1n) is 7.01. The summed E-state index contributed by atoms with van der Waals surface area (Å²) >= 11 is 0. The molecule has 1 N–H and O–H groups in total. The number of para-hydroxylation sites is 1. The fourth-order valence-electron chi connectivity index (χ4n) is 2.33. The molecule has 2 aromatic carbocycles. The van der Waals surface area contributed by atoms with E-state index in [1.165, 1.54) is 0 Å². The number of benzene rings is 2. The monoisotopic (exact) mass is 278 g/mol. The normalized spacial score (nSPS) is 11.5. The Hall–Kier alpha value is -2.60. The number of nitrogens with zero attached hydrogens (tertiary/aromatic N) is 1. The Kier molecular flexibility index (Phi) is 4.73. The average molecular weight is 278 g/mol. The lowest BCUT2D eigenvalue weighted by atomic mass is 9.99. The van der Waals surface area contributed by atoms with Crippen molar-refractivity contribution in [2.75, 3.05) is 5.32 Å². The highest BCUT2D eigenvalue weighted by Gasteiger charge is 2.21. The van der Waals surface area contributed by atoms with E-state index < -0.39 is 5.92 Å². The van der Waals surface area contributed by atoms with E-state index in [1.54, 1.807) is 12.1 Å². The molecular formula is C18H18N2O. The summed E-state index contributed by atoms with van der Waals surface area (Å²) in [6, 6.07) is 17.1. The zero-order valence-corrected chi connectivity index (χ0v) is 12.3. The Bertz CT molecular complexity index is 671. The maximum absolute atomic E-state index is 12.4. The summed E-state index contributed by atoms with van der Waals surface area (Å²) in [5.74, 6) is -1.08. The number of rotatable bonds is 4. The van der Waals surface area contributed by atoms with E-state index in [9.17, 15) is 10.1 Å². The molecule has 2 rings (SSSR count). The van der Waals surface area contributed by atoms with Gasteiger partial charge in [-0.2, -0.15) is 5.26 Å². The Morgan fingerprint density at radius 2 is 1.90 bits per heavy atom. The zero-order chi connectivity index (χ0) is 15.2. The van der Waals surface area contributed by atoms with Crippen LogP contribution >= 0.6 is 0 Å². The van der Waals surface area contributed by atoms with Gasteiger partial charge in [0.05, 0.1) is 6.07 Å². The number of hydrogen-bond acceptors (Lipinski definition) is 2. The van der Waals surface area contributed by atoms with Crippen molar-refractivity contribution in [3.05, 3.63) is 65.2 Å². The number of carbonyl (C=O) groups is 1. The maximum atomic E-state index is 12.4. The highest BCUT2D eigenvalue weighted by molar-refractivity contribution is 5.98. The van der Waals surface area contributed by atoms with Crippen LogP contribution in [0.25, 0.3) is 0 Å². The van der Waals surface area contributed by atoms with Gasteiger partial charge in [0.15, 0.2) is 5.92 Å². The second kappa shape index (κ2) is 6.71. The summed E-state index contributed by atoms with van der Waals surface area (Å²) in [5, 5.41) is 12.2. The molecule has 0 heterocycles. The average Bonchev–Trinajstić information content (AvgIpc) is 2.51. The Morgan fingerprint density at radius 1 is 1.19 bits per heavy atom. The van der Waals surface area contributed by atoms with Crippen LogP contribution in [0, 0.1) is 18.3 Å². The smallest absolute Gasteiger partial charge is 0.246 e. The number of aryl methyl sites for hydroxylation is 2. The summed E-state index contributed by atoms with van der Waals surface area (Å²) < 4.78 is 0. The van der Waals surface area contributed by atoms with Crippen molar-refractivity contribution in [1.29, 1.82) is 5.26 Å². The van der Waals surface area contributed by atoms with Gasteiger partial charge in [-0.3, -0.25) is 4.79 Å². The van der Waals surface area contributed by atoms with Crippen LogP contribution in [0.1, 0.15) is 29.5 Å². The van der Waals surface area contributed by atoms with Crippen molar-refractivity contribution < 1.29 is 4.79 Å². The molecule has 21 heavy (non-hydrogen) atoms. The molecular weight excluding hydrogens is 260 g/mol. The Labute approximate surface area is 125 Å². The van der Waals surface area contributed by atoms with Gasteiger partial charge in [-0.1, -0.05) is 55.5 Å². The minimum absolute atomic E-state index is 0.285. The SMILES string of the molecule is CCc1cccc(C)c1NC(=O)C(C#N)c1ccccc1. The molecule has 0 aliphatic carbocycles. The molecule has 0 aliphatic rings. The lowest BCUT2D eigenvalue weighted by Crippen LogP contribution is -2.21. The van der Waals surface area contributed by atoms with Gasteiger partial charge < -0.3 is 5.32 Å². The molecule has 0 aromatic heterocycles. The van der Waals surface area contributed by atoms with Gasteiger partial charge in [-0.15, -0.1) is 0 Å². The fourth-order valence-corrected chi connectivity index (χ4v) is 2.33. The fraction of sp³-hybridized carbons (Fsp3) is 0.222. The minimum Gasteiger partial charge on any atom is -0.324 e. The minimum atomic E-state index is -0.796. The molecule has 2 aromatic rings. The van der Waals surface area contributed by atoms with Crippen LogP contribution in [0.2, 0.25) is 0 Å². The summed E-state index contributed by atoms with van der Waals surface area (Å²) in [4.78, 5) is 12.4. The van der Waals surface area contributed by atoms with Crippen LogP contribution < -0.4 is 5.32 Å². The first kappa shape index (κ1) is 14.8. The van der Waals surface area contributed by atoms with Crippen molar-refractivity contribution >= 4 is 11.6 Å². The van der Waals surface area contributed by atoms with Crippen molar-refractivity contribution in [2.45, 2.75) is 26.2 Å². The number of carbonyl (C=O) groups excluding carboxylic acids is 1. The third-order valence-corrected chi connectivity index (χ3v) is 3.51. The predicted octanol–water partition coefficient (Wildman–Crippen LogP) is 3.80. The maximum Gasteiger partial charge on any atom is 0.246 e. The molecule has 3 nitrogen and oxygen atoms in total. The van der Waals surface area contributed by atoms with Crippen molar-refractivity contribution in [2.24, 2.45) is 0 Å². The van der Waals surface area contributed by atoms with E-state index in [2.05, 4.69) is 11.4 Å².